The van der Waals surface area contributed by atoms with Crippen LogP contribution in [0.2, 0.25) is 0 Å². The summed E-state index contributed by atoms with van der Waals surface area (Å²) in [6.45, 7) is 3.55. The second-order valence-electron chi connectivity index (χ2n) is 4.60. The fourth-order valence-electron chi connectivity index (χ4n) is 1.65. The molecule has 0 amide bonds. The topological polar surface area (TPSA) is 82.1 Å². The molecule has 0 aliphatic rings. The SMILES string of the molecule is CCC(C)OC(=O)C(=Cc1ccc(OC)c(OC)c1)C(=O)O. The lowest BCUT2D eigenvalue weighted by atomic mass is 10.1. The summed E-state index contributed by atoms with van der Waals surface area (Å²) in [6, 6.07) is 4.84. The second-order valence-corrected chi connectivity index (χ2v) is 4.60. The molecule has 6 heteroatoms. The van der Waals surface area contributed by atoms with E-state index in [1.54, 1.807) is 25.1 Å². The van der Waals surface area contributed by atoms with E-state index < -0.39 is 17.5 Å². The van der Waals surface area contributed by atoms with Crippen LogP contribution in [0, 0.1) is 0 Å². The quantitative estimate of drug-likeness (QED) is 0.361. The summed E-state index contributed by atoms with van der Waals surface area (Å²) >= 11 is 0. The number of benzene rings is 1. The molecule has 0 aliphatic carbocycles. The van der Waals surface area contributed by atoms with Crippen LogP contribution in [-0.4, -0.2) is 37.4 Å². The summed E-state index contributed by atoms with van der Waals surface area (Å²) in [6.07, 6.45) is 1.50. The molecule has 0 saturated heterocycles. The van der Waals surface area contributed by atoms with E-state index in [-0.39, 0.29) is 6.10 Å². The van der Waals surface area contributed by atoms with E-state index in [0.717, 1.165) is 0 Å². The Balaban J connectivity index is 3.13. The highest BCUT2D eigenvalue weighted by Gasteiger charge is 2.21. The van der Waals surface area contributed by atoms with Gasteiger partial charge in [-0.2, -0.15) is 0 Å². The number of hydrogen-bond acceptors (Lipinski definition) is 5. The van der Waals surface area contributed by atoms with Crippen LogP contribution >= 0.6 is 0 Å². The minimum absolute atomic E-state index is 0.347. The van der Waals surface area contributed by atoms with Crippen molar-refractivity contribution >= 4 is 18.0 Å². The van der Waals surface area contributed by atoms with E-state index >= 15 is 0 Å². The largest absolute Gasteiger partial charge is 0.493 e. The van der Waals surface area contributed by atoms with Crippen LogP contribution in [0.1, 0.15) is 25.8 Å². The van der Waals surface area contributed by atoms with Crippen molar-refractivity contribution in [1.82, 2.24) is 0 Å². The Morgan fingerprint density at radius 2 is 1.86 bits per heavy atom. The van der Waals surface area contributed by atoms with E-state index in [4.69, 9.17) is 14.2 Å². The number of carbonyl (C=O) groups excluding carboxylic acids is 1. The van der Waals surface area contributed by atoms with Gasteiger partial charge in [-0.1, -0.05) is 13.0 Å². The highest BCUT2D eigenvalue weighted by atomic mass is 16.5. The van der Waals surface area contributed by atoms with Gasteiger partial charge < -0.3 is 19.3 Å². The first kappa shape index (κ1) is 17.6. The van der Waals surface area contributed by atoms with Crippen molar-refractivity contribution in [1.29, 1.82) is 0 Å². The first-order chi connectivity index (χ1) is 10.4. The van der Waals surface area contributed by atoms with Crippen LogP contribution in [0.4, 0.5) is 0 Å². The number of aliphatic carboxylic acids is 1. The van der Waals surface area contributed by atoms with Gasteiger partial charge in [-0.05, 0) is 37.1 Å². The molecule has 6 nitrogen and oxygen atoms in total. The third kappa shape index (κ3) is 4.51. The van der Waals surface area contributed by atoms with Gasteiger partial charge >= 0.3 is 11.9 Å². The minimum Gasteiger partial charge on any atom is -0.493 e. The zero-order valence-corrected chi connectivity index (χ0v) is 13.1. The van der Waals surface area contributed by atoms with E-state index in [1.165, 1.54) is 20.3 Å². The van der Waals surface area contributed by atoms with Gasteiger partial charge in [0, 0.05) is 0 Å². The minimum atomic E-state index is -1.34. The van der Waals surface area contributed by atoms with E-state index in [1.807, 2.05) is 6.92 Å². The number of methoxy groups -OCH3 is 2. The van der Waals surface area contributed by atoms with E-state index in [9.17, 15) is 14.7 Å². The van der Waals surface area contributed by atoms with Crippen LogP contribution in [0.15, 0.2) is 23.8 Å². The molecular weight excluding hydrogens is 288 g/mol. The summed E-state index contributed by atoms with van der Waals surface area (Å²) in [7, 11) is 2.97. The van der Waals surface area contributed by atoms with Crippen molar-refractivity contribution in [2.75, 3.05) is 14.2 Å². The molecule has 1 rings (SSSR count). The number of esters is 1. The molecule has 1 atom stereocenters. The van der Waals surface area contributed by atoms with Gasteiger partial charge in [0.25, 0.3) is 0 Å². The van der Waals surface area contributed by atoms with Crippen LogP contribution in [-0.2, 0) is 14.3 Å². The Labute approximate surface area is 129 Å². The Hall–Kier alpha value is -2.50. The lowest BCUT2D eigenvalue weighted by Crippen LogP contribution is -2.20. The Morgan fingerprint density at radius 3 is 2.36 bits per heavy atom. The summed E-state index contributed by atoms with van der Waals surface area (Å²) in [5.41, 5.74) is 0.0590. The molecule has 0 radical (unpaired) electrons. The van der Waals surface area contributed by atoms with Gasteiger partial charge in [-0.3, -0.25) is 0 Å². The molecule has 0 saturated carbocycles. The average molecular weight is 308 g/mol. The molecule has 0 spiro atoms. The van der Waals surface area contributed by atoms with E-state index in [2.05, 4.69) is 0 Å². The molecule has 1 unspecified atom stereocenters. The number of ether oxygens (including phenoxy) is 3. The van der Waals surface area contributed by atoms with Gasteiger partial charge in [0.05, 0.1) is 20.3 Å². The zero-order valence-electron chi connectivity index (χ0n) is 13.1. The molecule has 1 aromatic rings. The standard InChI is InChI=1S/C16H20O6/c1-5-10(2)22-16(19)12(15(17)18)8-11-6-7-13(20-3)14(9-11)21-4/h6-10H,5H2,1-4H3,(H,17,18). The fraction of sp³-hybridized carbons (Fsp3) is 0.375. The first-order valence-electron chi connectivity index (χ1n) is 6.80. The monoisotopic (exact) mass is 308 g/mol. The number of carbonyl (C=O) groups is 2. The maximum Gasteiger partial charge on any atom is 0.345 e. The van der Waals surface area contributed by atoms with Crippen molar-refractivity contribution in [2.45, 2.75) is 26.4 Å². The normalized spacial score (nSPS) is 12.5. The Morgan fingerprint density at radius 1 is 1.23 bits per heavy atom. The summed E-state index contributed by atoms with van der Waals surface area (Å²) in [5, 5.41) is 9.19. The Kier molecular flexibility index (Phi) is 6.44. The average Bonchev–Trinajstić information content (AvgIpc) is 2.51. The Bertz CT molecular complexity index is 576. The predicted octanol–water partition coefficient (Wildman–Crippen LogP) is 2.51. The van der Waals surface area contributed by atoms with Crippen LogP contribution < -0.4 is 9.47 Å². The summed E-state index contributed by atoms with van der Waals surface area (Å²) in [4.78, 5) is 23.2. The number of carboxylic acid groups (broad SMARTS) is 1. The molecule has 0 bridgehead atoms. The van der Waals surface area contributed by atoms with Gasteiger partial charge in [0.1, 0.15) is 5.57 Å². The van der Waals surface area contributed by atoms with E-state index in [0.29, 0.717) is 23.5 Å². The second kappa shape index (κ2) is 8.07. The van der Waals surface area contributed by atoms with Crippen molar-refractivity contribution in [3.05, 3.63) is 29.3 Å². The smallest absolute Gasteiger partial charge is 0.345 e. The third-order valence-corrected chi connectivity index (χ3v) is 3.05. The zero-order chi connectivity index (χ0) is 16.7. The van der Waals surface area contributed by atoms with Crippen LogP contribution in [0.3, 0.4) is 0 Å². The number of hydrogen-bond donors (Lipinski definition) is 1. The third-order valence-electron chi connectivity index (χ3n) is 3.05. The lowest BCUT2D eigenvalue weighted by molar-refractivity contribution is -0.147. The summed E-state index contributed by atoms with van der Waals surface area (Å²) in [5.74, 6) is -1.25. The maximum atomic E-state index is 11.9. The number of rotatable bonds is 7. The molecule has 120 valence electrons. The first-order valence-corrected chi connectivity index (χ1v) is 6.80. The van der Waals surface area contributed by atoms with Gasteiger partial charge in [0.2, 0.25) is 0 Å². The molecule has 0 heterocycles. The molecular formula is C16H20O6. The molecule has 0 aliphatic heterocycles. The summed E-state index contributed by atoms with van der Waals surface area (Å²) < 4.78 is 15.3. The fourth-order valence-corrected chi connectivity index (χ4v) is 1.65. The lowest BCUT2D eigenvalue weighted by Gasteiger charge is -2.11. The van der Waals surface area contributed by atoms with Gasteiger partial charge in [-0.15, -0.1) is 0 Å². The molecule has 0 aromatic heterocycles. The van der Waals surface area contributed by atoms with Crippen LogP contribution in [0.25, 0.3) is 6.08 Å². The van der Waals surface area contributed by atoms with Crippen molar-refractivity contribution < 1.29 is 28.9 Å². The molecule has 1 aromatic carbocycles. The highest BCUT2D eigenvalue weighted by molar-refractivity contribution is 6.17. The number of carboxylic acids is 1. The van der Waals surface area contributed by atoms with Gasteiger partial charge in [-0.25, -0.2) is 9.59 Å². The van der Waals surface area contributed by atoms with Gasteiger partial charge in [0.15, 0.2) is 11.5 Å². The maximum absolute atomic E-state index is 11.9. The predicted molar refractivity (Wildman–Crippen MR) is 81.0 cm³/mol. The van der Waals surface area contributed by atoms with Crippen molar-refractivity contribution in [2.24, 2.45) is 0 Å². The molecule has 1 N–H and O–H groups in total. The highest BCUT2D eigenvalue weighted by Crippen LogP contribution is 2.28. The van der Waals surface area contributed by atoms with Crippen LogP contribution in [0.5, 0.6) is 11.5 Å². The van der Waals surface area contributed by atoms with Crippen molar-refractivity contribution in [3.63, 3.8) is 0 Å². The molecule has 22 heavy (non-hydrogen) atoms. The molecule has 0 fully saturated rings. The van der Waals surface area contributed by atoms with Crippen molar-refractivity contribution in [3.8, 4) is 11.5 Å².